The van der Waals surface area contributed by atoms with Crippen molar-refractivity contribution in [2.24, 2.45) is 0 Å². The van der Waals surface area contributed by atoms with Gasteiger partial charge in [-0.2, -0.15) is 18.3 Å². The average molecular weight is 293 g/mol. The molecule has 1 unspecified atom stereocenters. The van der Waals surface area contributed by atoms with Crippen LogP contribution in [0.1, 0.15) is 22.8 Å². The molecule has 1 atom stereocenters. The average Bonchev–Trinajstić information content (AvgIpc) is 2.90. The number of aliphatic hydroxyl groups is 1. The normalized spacial score (nSPS) is 13.5. The monoisotopic (exact) mass is 293 g/mol. The highest BCUT2D eigenvalue weighted by atomic mass is 19.4. The molecule has 3 rings (SSSR count). The minimum absolute atomic E-state index is 0.156. The lowest BCUT2D eigenvalue weighted by atomic mass is 10.0. The van der Waals surface area contributed by atoms with Crippen LogP contribution in [0.4, 0.5) is 13.2 Å². The van der Waals surface area contributed by atoms with Crippen molar-refractivity contribution < 1.29 is 18.3 Å². The summed E-state index contributed by atoms with van der Waals surface area (Å²) in [6.07, 6.45) is 0.395. The zero-order chi connectivity index (χ0) is 15.0. The van der Waals surface area contributed by atoms with Gasteiger partial charge in [0.05, 0.1) is 23.5 Å². The van der Waals surface area contributed by atoms with E-state index in [0.29, 0.717) is 11.1 Å². The third-order valence-corrected chi connectivity index (χ3v) is 3.18. The molecule has 0 saturated heterocycles. The predicted octanol–water partition coefficient (Wildman–Crippen LogP) is 2.83. The van der Waals surface area contributed by atoms with E-state index < -0.39 is 17.8 Å². The Kier molecular flexibility index (Phi) is 3.13. The number of alkyl halides is 3. The Balaban J connectivity index is 2.04. The summed E-state index contributed by atoms with van der Waals surface area (Å²) in [6.45, 7) is 0. The molecule has 0 saturated carbocycles. The first kappa shape index (κ1) is 13.6. The summed E-state index contributed by atoms with van der Waals surface area (Å²) in [4.78, 5) is 3.93. The van der Waals surface area contributed by atoms with Crippen LogP contribution in [-0.4, -0.2) is 19.7 Å². The second-order valence-electron chi connectivity index (χ2n) is 4.53. The molecule has 21 heavy (non-hydrogen) atoms. The summed E-state index contributed by atoms with van der Waals surface area (Å²) in [5.41, 5.74) is 0.307. The molecule has 0 radical (unpaired) electrons. The zero-order valence-corrected chi connectivity index (χ0v) is 10.6. The molecule has 7 heteroatoms. The van der Waals surface area contributed by atoms with Gasteiger partial charge in [-0.05, 0) is 17.7 Å². The molecule has 2 heterocycles. The minimum atomic E-state index is -4.45. The number of nitrogens with zero attached hydrogens (tertiary/aromatic N) is 3. The van der Waals surface area contributed by atoms with E-state index in [-0.39, 0.29) is 5.56 Å². The molecule has 4 nitrogen and oxygen atoms in total. The van der Waals surface area contributed by atoms with Crippen LogP contribution in [-0.2, 0) is 6.18 Å². The SMILES string of the molecule is OC(c1cccc(C(F)(F)F)c1)c1cnn2ccncc12. The number of rotatable bonds is 2. The lowest BCUT2D eigenvalue weighted by molar-refractivity contribution is -0.137. The maximum Gasteiger partial charge on any atom is 0.416 e. The number of benzene rings is 1. The smallest absolute Gasteiger partial charge is 0.384 e. The molecule has 0 aliphatic rings. The maximum absolute atomic E-state index is 12.7. The van der Waals surface area contributed by atoms with Crippen LogP contribution in [0.2, 0.25) is 0 Å². The molecule has 108 valence electrons. The van der Waals surface area contributed by atoms with Crippen molar-refractivity contribution in [2.75, 3.05) is 0 Å². The number of halogens is 3. The molecule has 1 aromatic carbocycles. The molecule has 0 amide bonds. The first-order valence-electron chi connectivity index (χ1n) is 6.09. The molecule has 0 bridgehead atoms. The van der Waals surface area contributed by atoms with E-state index in [1.165, 1.54) is 35.2 Å². The molecule has 1 N–H and O–H groups in total. The number of hydrogen-bond acceptors (Lipinski definition) is 3. The lowest BCUT2D eigenvalue weighted by Gasteiger charge is -2.13. The summed E-state index contributed by atoms with van der Waals surface area (Å²) in [5, 5.41) is 14.4. The van der Waals surface area contributed by atoms with Gasteiger partial charge in [-0.1, -0.05) is 12.1 Å². The van der Waals surface area contributed by atoms with Gasteiger partial charge in [-0.3, -0.25) is 4.98 Å². The zero-order valence-electron chi connectivity index (χ0n) is 10.6. The van der Waals surface area contributed by atoms with Gasteiger partial charge >= 0.3 is 6.18 Å². The Morgan fingerprint density at radius 3 is 2.76 bits per heavy atom. The lowest BCUT2D eigenvalue weighted by Crippen LogP contribution is -2.07. The second kappa shape index (κ2) is 4.85. The van der Waals surface area contributed by atoms with Crippen molar-refractivity contribution in [1.29, 1.82) is 0 Å². The fourth-order valence-corrected chi connectivity index (χ4v) is 2.13. The summed E-state index contributed by atoms with van der Waals surface area (Å²) in [7, 11) is 0. The molecule has 0 aliphatic heterocycles. The molecular weight excluding hydrogens is 283 g/mol. The van der Waals surface area contributed by atoms with Gasteiger partial charge in [0.15, 0.2) is 0 Å². The molecule has 2 aromatic heterocycles. The van der Waals surface area contributed by atoms with E-state index in [9.17, 15) is 18.3 Å². The van der Waals surface area contributed by atoms with Gasteiger partial charge < -0.3 is 5.11 Å². The van der Waals surface area contributed by atoms with Crippen LogP contribution in [0.25, 0.3) is 5.52 Å². The summed E-state index contributed by atoms with van der Waals surface area (Å²) >= 11 is 0. The fourth-order valence-electron chi connectivity index (χ4n) is 2.13. The standard InChI is InChI=1S/C14H10F3N3O/c15-14(16,17)10-3-1-2-9(6-10)13(21)11-7-19-20-5-4-18-8-12(11)20/h1-8,13,21H. The highest BCUT2D eigenvalue weighted by Gasteiger charge is 2.31. The number of hydrogen-bond donors (Lipinski definition) is 1. The summed E-state index contributed by atoms with van der Waals surface area (Å²) < 4.78 is 39.7. The van der Waals surface area contributed by atoms with E-state index >= 15 is 0 Å². The Labute approximate surface area is 117 Å². The summed E-state index contributed by atoms with van der Waals surface area (Å²) in [5.74, 6) is 0. The quantitative estimate of drug-likeness (QED) is 0.790. The highest BCUT2D eigenvalue weighted by molar-refractivity contribution is 5.55. The van der Waals surface area contributed by atoms with Gasteiger partial charge in [0, 0.05) is 18.0 Å². The van der Waals surface area contributed by atoms with Crippen molar-refractivity contribution in [3.63, 3.8) is 0 Å². The summed E-state index contributed by atoms with van der Waals surface area (Å²) in [6, 6.07) is 4.61. The van der Waals surface area contributed by atoms with Crippen LogP contribution in [0, 0.1) is 0 Å². The third kappa shape index (κ3) is 2.47. The van der Waals surface area contributed by atoms with Gasteiger partial charge in [0.1, 0.15) is 6.10 Å². The van der Waals surface area contributed by atoms with Crippen LogP contribution in [0.3, 0.4) is 0 Å². The number of aromatic nitrogens is 3. The van der Waals surface area contributed by atoms with Crippen molar-refractivity contribution in [3.8, 4) is 0 Å². The van der Waals surface area contributed by atoms with E-state index in [0.717, 1.165) is 12.1 Å². The van der Waals surface area contributed by atoms with Crippen LogP contribution in [0.15, 0.2) is 49.1 Å². The largest absolute Gasteiger partial charge is 0.416 e. The maximum atomic E-state index is 12.7. The van der Waals surface area contributed by atoms with Crippen LogP contribution in [0.5, 0.6) is 0 Å². The van der Waals surface area contributed by atoms with Crippen molar-refractivity contribution in [3.05, 3.63) is 65.7 Å². The molecule has 0 aliphatic carbocycles. The van der Waals surface area contributed by atoms with E-state index in [4.69, 9.17) is 0 Å². The molecule has 0 fully saturated rings. The van der Waals surface area contributed by atoms with Crippen molar-refractivity contribution in [2.45, 2.75) is 12.3 Å². The topological polar surface area (TPSA) is 50.4 Å². The van der Waals surface area contributed by atoms with Crippen LogP contribution >= 0.6 is 0 Å². The first-order chi connectivity index (χ1) is 9.97. The fraction of sp³-hybridized carbons (Fsp3) is 0.143. The number of fused-ring (bicyclic) bond motifs is 1. The van der Waals surface area contributed by atoms with Gasteiger partial charge in [0.25, 0.3) is 0 Å². The first-order valence-corrected chi connectivity index (χ1v) is 6.09. The van der Waals surface area contributed by atoms with Crippen molar-refractivity contribution in [1.82, 2.24) is 14.6 Å². The van der Waals surface area contributed by atoms with Gasteiger partial charge in [-0.15, -0.1) is 0 Å². The van der Waals surface area contributed by atoms with E-state index in [1.807, 2.05) is 0 Å². The minimum Gasteiger partial charge on any atom is -0.384 e. The second-order valence-corrected chi connectivity index (χ2v) is 4.53. The van der Waals surface area contributed by atoms with E-state index in [1.54, 1.807) is 6.20 Å². The molecule has 3 aromatic rings. The Morgan fingerprint density at radius 1 is 1.19 bits per heavy atom. The third-order valence-electron chi connectivity index (χ3n) is 3.18. The van der Waals surface area contributed by atoms with Crippen molar-refractivity contribution >= 4 is 5.52 Å². The van der Waals surface area contributed by atoms with Gasteiger partial charge in [0.2, 0.25) is 0 Å². The molecular formula is C14H10F3N3O. The number of aliphatic hydroxyl groups excluding tert-OH is 1. The highest BCUT2D eigenvalue weighted by Crippen LogP contribution is 2.32. The Hall–Kier alpha value is -2.41. The van der Waals surface area contributed by atoms with Gasteiger partial charge in [-0.25, -0.2) is 4.52 Å². The Morgan fingerprint density at radius 2 is 2.00 bits per heavy atom. The Bertz CT molecular complexity index is 782. The van der Waals surface area contributed by atoms with E-state index in [2.05, 4.69) is 10.1 Å². The van der Waals surface area contributed by atoms with Crippen LogP contribution < -0.4 is 0 Å². The molecule has 0 spiro atoms. The predicted molar refractivity (Wildman–Crippen MR) is 68.5 cm³/mol.